The zero-order chi connectivity index (χ0) is 13.7. The van der Waals surface area contributed by atoms with Crippen LogP contribution < -0.4 is 9.64 Å². The van der Waals surface area contributed by atoms with Gasteiger partial charge in [-0.3, -0.25) is 0 Å². The molecule has 1 aliphatic rings. The van der Waals surface area contributed by atoms with E-state index in [9.17, 15) is 5.11 Å². The molecule has 1 saturated heterocycles. The van der Waals surface area contributed by atoms with Gasteiger partial charge in [-0.05, 0) is 38.3 Å². The molecular formula is C16H25NO2. The van der Waals surface area contributed by atoms with Crippen LogP contribution in [0.5, 0.6) is 5.75 Å². The van der Waals surface area contributed by atoms with Crippen LogP contribution in [0.25, 0.3) is 0 Å². The Kier molecular flexibility index (Phi) is 4.70. The lowest BCUT2D eigenvalue weighted by Gasteiger charge is -2.37. The Morgan fingerprint density at radius 3 is 2.74 bits per heavy atom. The maximum Gasteiger partial charge on any atom is 0.121 e. The van der Waals surface area contributed by atoms with Crippen molar-refractivity contribution in [1.29, 1.82) is 0 Å². The van der Waals surface area contributed by atoms with Crippen LogP contribution in [0, 0.1) is 0 Å². The van der Waals surface area contributed by atoms with Crippen molar-refractivity contribution in [3.05, 3.63) is 24.3 Å². The second kappa shape index (κ2) is 6.29. The molecule has 1 aliphatic heterocycles. The zero-order valence-electron chi connectivity index (χ0n) is 12.1. The van der Waals surface area contributed by atoms with Crippen molar-refractivity contribution in [3.63, 3.8) is 0 Å². The molecule has 1 heterocycles. The van der Waals surface area contributed by atoms with Crippen molar-refractivity contribution >= 4 is 5.69 Å². The summed E-state index contributed by atoms with van der Waals surface area (Å²) >= 11 is 0. The van der Waals surface area contributed by atoms with Gasteiger partial charge in [-0.2, -0.15) is 0 Å². The SMILES string of the molecule is CCCCOc1cccc(N2CCC(C)(O)CC2)c1. The van der Waals surface area contributed by atoms with Crippen LogP contribution in [-0.4, -0.2) is 30.4 Å². The number of hydrogen-bond acceptors (Lipinski definition) is 3. The monoisotopic (exact) mass is 263 g/mol. The number of rotatable bonds is 5. The van der Waals surface area contributed by atoms with E-state index < -0.39 is 5.60 Å². The molecule has 0 spiro atoms. The summed E-state index contributed by atoms with van der Waals surface area (Å²) in [7, 11) is 0. The third-order valence-electron chi connectivity index (χ3n) is 3.79. The number of nitrogens with zero attached hydrogens (tertiary/aromatic N) is 1. The summed E-state index contributed by atoms with van der Waals surface area (Å²) in [5.74, 6) is 0.947. The first kappa shape index (κ1) is 14.2. The van der Waals surface area contributed by atoms with Crippen LogP contribution in [-0.2, 0) is 0 Å². The van der Waals surface area contributed by atoms with E-state index in [0.717, 1.165) is 51.1 Å². The lowest BCUT2D eigenvalue weighted by molar-refractivity contribution is 0.0351. The molecule has 106 valence electrons. The van der Waals surface area contributed by atoms with Gasteiger partial charge in [-0.1, -0.05) is 19.4 Å². The van der Waals surface area contributed by atoms with Crippen LogP contribution >= 0.6 is 0 Å². The predicted octanol–water partition coefficient (Wildman–Crippen LogP) is 3.22. The Labute approximate surface area is 116 Å². The quantitative estimate of drug-likeness (QED) is 0.828. The maximum atomic E-state index is 9.99. The summed E-state index contributed by atoms with van der Waals surface area (Å²) in [6, 6.07) is 8.28. The molecule has 0 aromatic heterocycles. The topological polar surface area (TPSA) is 32.7 Å². The van der Waals surface area contributed by atoms with Gasteiger partial charge in [0, 0.05) is 24.8 Å². The minimum Gasteiger partial charge on any atom is -0.494 e. The number of anilines is 1. The number of unbranched alkanes of at least 4 members (excludes halogenated alkanes) is 1. The summed E-state index contributed by atoms with van der Waals surface area (Å²) in [6.45, 7) is 6.69. The summed E-state index contributed by atoms with van der Waals surface area (Å²) in [6.07, 6.45) is 3.90. The molecule has 3 nitrogen and oxygen atoms in total. The van der Waals surface area contributed by atoms with Crippen LogP contribution in [0.3, 0.4) is 0 Å². The van der Waals surface area contributed by atoms with E-state index in [1.54, 1.807) is 0 Å². The Morgan fingerprint density at radius 2 is 2.05 bits per heavy atom. The fraction of sp³-hybridized carbons (Fsp3) is 0.625. The first-order valence-corrected chi connectivity index (χ1v) is 7.31. The van der Waals surface area contributed by atoms with Crippen molar-refractivity contribution in [1.82, 2.24) is 0 Å². The smallest absolute Gasteiger partial charge is 0.121 e. The average Bonchev–Trinajstić information content (AvgIpc) is 2.39. The first-order valence-electron chi connectivity index (χ1n) is 7.31. The number of piperidine rings is 1. The molecule has 0 amide bonds. The van der Waals surface area contributed by atoms with E-state index in [4.69, 9.17) is 4.74 Å². The molecule has 1 N–H and O–H groups in total. The predicted molar refractivity (Wildman–Crippen MR) is 78.9 cm³/mol. The van der Waals surface area contributed by atoms with E-state index in [1.165, 1.54) is 5.69 Å². The normalized spacial score (nSPS) is 18.4. The number of aliphatic hydroxyl groups is 1. The molecule has 0 unspecified atom stereocenters. The van der Waals surface area contributed by atoms with Crippen molar-refractivity contribution in [2.24, 2.45) is 0 Å². The van der Waals surface area contributed by atoms with E-state index in [1.807, 2.05) is 19.1 Å². The standard InChI is InChI=1S/C16H25NO2/c1-3-4-12-19-15-7-5-6-14(13-15)17-10-8-16(2,18)9-11-17/h5-7,13,18H,3-4,8-12H2,1-2H3. The highest BCUT2D eigenvalue weighted by molar-refractivity contribution is 5.51. The number of benzene rings is 1. The average molecular weight is 263 g/mol. The van der Waals surface area contributed by atoms with Gasteiger partial charge >= 0.3 is 0 Å². The minimum absolute atomic E-state index is 0.494. The molecule has 0 bridgehead atoms. The lowest BCUT2D eigenvalue weighted by Crippen LogP contribution is -2.42. The van der Waals surface area contributed by atoms with E-state index >= 15 is 0 Å². The lowest BCUT2D eigenvalue weighted by atomic mass is 9.93. The van der Waals surface area contributed by atoms with E-state index in [0.29, 0.717) is 0 Å². The first-order chi connectivity index (χ1) is 9.11. The third-order valence-corrected chi connectivity index (χ3v) is 3.79. The van der Waals surface area contributed by atoms with Gasteiger partial charge in [0.2, 0.25) is 0 Å². The molecular weight excluding hydrogens is 238 g/mol. The number of hydrogen-bond donors (Lipinski definition) is 1. The van der Waals surface area contributed by atoms with Crippen LogP contribution in [0.1, 0.15) is 39.5 Å². The molecule has 19 heavy (non-hydrogen) atoms. The molecule has 0 saturated carbocycles. The summed E-state index contributed by atoms with van der Waals surface area (Å²) < 4.78 is 5.74. The summed E-state index contributed by atoms with van der Waals surface area (Å²) in [5, 5.41) is 9.99. The Hall–Kier alpha value is -1.22. The van der Waals surface area contributed by atoms with Gasteiger partial charge in [0.1, 0.15) is 5.75 Å². The van der Waals surface area contributed by atoms with Gasteiger partial charge in [0.25, 0.3) is 0 Å². The number of ether oxygens (including phenoxy) is 1. The molecule has 0 atom stereocenters. The van der Waals surface area contributed by atoms with Crippen molar-refractivity contribution in [2.45, 2.75) is 45.1 Å². The van der Waals surface area contributed by atoms with Gasteiger partial charge in [0.05, 0.1) is 12.2 Å². The molecule has 1 aromatic rings. The summed E-state index contributed by atoms with van der Waals surface area (Å²) in [4.78, 5) is 2.32. The zero-order valence-corrected chi connectivity index (χ0v) is 12.1. The third kappa shape index (κ3) is 4.13. The highest BCUT2D eigenvalue weighted by Crippen LogP contribution is 2.28. The highest BCUT2D eigenvalue weighted by atomic mass is 16.5. The van der Waals surface area contributed by atoms with Gasteiger partial charge in [-0.15, -0.1) is 0 Å². The van der Waals surface area contributed by atoms with Crippen LogP contribution in [0.2, 0.25) is 0 Å². The molecule has 0 radical (unpaired) electrons. The molecule has 3 heteroatoms. The van der Waals surface area contributed by atoms with Crippen molar-refractivity contribution < 1.29 is 9.84 Å². The van der Waals surface area contributed by atoms with Crippen LogP contribution in [0.15, 0.2) is 24.3 Å². The minimum atomic E-state index is -0.494. The van der Waals surface area contributed by atoms with Gasteiger partial charge in [-0.25, -0.2) is 0 Å². The van der Waals surface area contributed by atoms with Gasteiger partial charge in [0.15, 0.2) is 0 Å². The Morgan fingerprint density at radius 1 is 1.32 bits per heavy atom. The Balaban J connectivity index is 1.95. The van der Waals surface area contributed by atoms with Crippen molar-refractivity contribution in [2.75, 3.05) is 24.6 Å². The summed E-state index contributed by atoms with van der Waals surface area (Å²) in [5.41, 5.74) is 0.704. The fourth-order valence-electron chi connectivity index (χ4n) is 2.35. The van der Waals surface area contributed by atoms with Crippen LogP contribution in [0.4, 0.5) is 5.69 Å². The maximum absolute atomic E-state index is 9.99. The van der Waals surface area contributed by atoms with E-state index in [2.05, 4.69) is 24.0 Å². The molecule has 0 aliphatic carbocycles. The van der Waals surface area contributed by atoms with E-state index in [-0.39, 0.29) is 0 Å². The molecule has 1 fully saturated rings. The Bertz CT molecular complexity index is 393. The highest BCUT2D eigenvalue weighted by Gasteiger charge is 2.27. The largest absolute Gasteiger partial charge is 0.494 e. The second-order valence-corrected chi connectivity index (χ2v) is 5.68. The molecule has 2 rings (SSSR count). The molecule has 1 aromatic carbocycles. The van der Waals surface area contributed by atoms with Gasteiger partial charge < -0.3 is 14.7 Å². The van der Waals surface area contributed by atoms with Crippen molar-refractivity contribution in [3.8, 4) is 5.75 Å². The second-order valence-electron chi connectivity index (χ2n) is 5.68. The fourth-order valence-corrected chi connectivity index (χ4v) is 2.35.